The molecule has 21 heavy (non-hydrogen) atoms. The molecule has 0 aliphatic carbocycles. The van der Waals surface area contributed by atoms with Crippen molar-refractivity contribution in [3.05, 3.63) is 33.1 Å². The minimum Gasteiger partial charge on any atom is -0.337 e. The quantitative estimate of drug-likeness (QED) is 0.483. The summed E-state index contributed by atoms with van der Waals surface area (Å²) in [6.07, 6.45) is 3.20. The first-order chi connectivity index (χ1) is 9.91. The lowest BCUT2D eigenvalue weighted by molar-refractivity contribution is -0.385. The maximum absolute atomic E-state index is 12.6. The topological polar surface area (TPSA) is 79.6 Å². The van der Waals surface area contributed by atoms with Crippen molar-refractivity contribution >= 4 is 23.2 Å². The summed E-state index contributed by atoms with van der Waals surface area (Å²) in [6, 6.07) is 1.62. The molecule has 1 atom stereocenters. The van der Waals surface area contributed by atoms with E-state index in [4.69, 9.17) is 11.6 Å². The minimum atomic E-state index is -0.657. The van der Waals surface area contributed by atoms with Crippen molar-refractivity contribution in [1.29, 1.82) is 0 Å². The Bertz CT molecular complexity index is 564. The molecule has 0 radical (unpaired) electrons. The number of nitrogens with zero attached hydrogens (tertiary/aromatic N) is 4. The second-order valence-corrected chi connectivity index (χ2v) is 5.62. The number of likely N-dealkylation sites (tertiary alicyclic amines) is 1. The van der Waals surface area contributed by atoms with Crippen LogP contribution < -0.4 is 0 Å². The van der Waals surface area contributed by atoms with E-state index in [-0.39, 0.29) is 22.7 Å². The summed E-state index contributed by atoms with van der Waals surface area (Å²) in [5.74, 6) is -0.363. The van der Waals surface area contributed by atoms with Crippen LogP contribution in [0.5, 0.6) is 0 Å². The lowest BCUT2D eigenvalue weighted by Gasteiger charge is -2.36. The highest BCUT2D eigenvalue weighted by Crippen LogP contribution is 2.28. The third-order valence-electron chi connectivity index (χ3n) is 3.71. The maximum atomic E-state index is 12.6. The SMILES string of the molecule is CN(C)C1CCCN(C(=O)c2ccnc(Cl)c2[N+](=O)[O-])C1. The van der Waals surface area contributed by atoms with Crippen LogP contribution >= 0.6 is 11.6 Å². The third-order valence-corrected chi connectivity index (χ3v) is 3.98. The number of likely N-dealkylation sites (N-methyl/N-ethyl adjacent to an activating group) is 1. The first-order valence-electron chi connectivity index (χ1n) is 6.66. The fourth-order valence-electron chi connectivity index (χ4n) is 2.51. The van der Waals surface area contributed by atoms with Crippen molar-refractivity contribution in [2.24, 2.45) is 0 Å². The van der Waals surface area contributed by atoms with Gasteiger partial charge in [-0.15, -0.1) is 0 Å². The van der Waals surface area contributed by atoms with Gasteiger partial charge in [0.15, 0.2) is 0 Å². The van der Waals surface area contributed by atoms with Crippen LogP contribution in [0.2, 0.25) is 5.15 Å². The first-order valence-corrected chi connectivity index (χ1v) is 7.04. The van der Waals surface area contributed by atoms with E-state index in [1.807, 2.05) is 14.1 Å². The van der Waals surface area contributed by atoms with Gasteiger partial charge in [-0.25, -0.2) is 4.98 Å². The Morgan fingerprint density at radius 1 is 1.57 bits per heavy atom. The van der Waals surface area contributed by atoms with Crippen LogP contribution in [0, 0.1) is 10.1 Å². The first kappa shape index (κ1) is 15.7. The van der Waals surface area contributed by atoms with E-state index in [0.717, 1.165) is 12.8 Å². The lowest BCUT2D eigenvalue weighted by Crippen LogP contribution is -2.47. The molecule has 1 aliphatic heterocycles. The lowest BCUT2D eigenvalue weighted by atomic mass is 10.0. The molecule has 0 N–H and O–H groups in total. The van der Waals surface area contributed by atoms with Crippen molar-refractivity contribution in [2.45, 2.75) is 18.9 Å². The number of hydrogen-bond donors (Lipinski definition) is 0. The molecule has 2 heterocycles. The molecule has 2 rings (SSSR count). The van der Waals surface area contributed by atoms with Gasteiger partial charge >= 0.3 is 5.69 Å². The van der Waals surface area contributed by atoms with Crippen LogP contribution in [0.1, 0.15) is 23.2 Å². The molecule has 0 saturated carbocycles. The molecule has 1 saturated heterocycles. The van der Waals surface area contributed by atoms with E-state index in [0.29, 0.717) is 13.1 Å². The third kappa shape index (κ3) is 3.30. The molecule has 1 aliphatic rings. The van der Waals surface area contributed by atoms with Gasteiger partial charge in [0.1, 0.15) is 5.56 Å². The molecule has 1 aromatic heterocycles. The van der Waals surface area contributed by atoms with Gasteiger partial charge in [0.25, 0.3) is 5.91 Å². The van der Waals surface area contributed by atoms with Gasteiger partial charge in [0.2, 0.25) is 5.15 Å². The molecule has 7 nitrogen and oxygen atoms in total. The molecule has 0 spiro atoms. The van der Waals surface area contributed by atoms with Gasteiger partial charge in [0.05, 0.1) is 4.92 Å². The Morgan fingerprint density at radius 2 is 2.29 bits per heavy atom. The fourth-order valence-corrected chi connectivity index (χ4v) is 2.73. The van der Waals surface area contributed by atoms with Gasteiger partial charge in [0, 0.05) is 25.3 Å². The van der Waals surface area contributed by atoms with Crippen LogP contribution in [-0.4, -0.2) is 58.8 Å². The number of aromatic nitrogens is 1. The molecule has 1 aromatic rings. The maximum Gasteiger partial charge on any atom is 0.319 e. The summed E-state index contributed by atoms with van der Waals surface area (Å²) in [4.78, 5) is 30.4. The van der Waals surface area contributed by atoms with Gasteiger partial charge in [-0.2, -0.15) is 0 Å². The van der Waals surface area contributed by atoms with Gasteiger partial charge in [-0.05, 0) is 33.0 Å². The zero-order chi connectivity index (χ0) is 15.6. The summed E-state index contributed by atoms with van der Waals surface area (Å²) in [5.41, 5.74) is -0.421. The zero-order valence-corrected chi connectivity index (χ0v) is 12.7. The second-order valence-electron chi connectivity index (χ2n) is 5.27. The van der Waals surface area contributed by atoms with Gasteiger partial charge < -0.3 is 9.80 Å². The van der Waals surface area contributed by atoms with Gasteiger partial charge in [-0.1, -0.05) is 11.6 Å². The highest BCUT2D eigenvalue weighted by molar-refractivity contribution is 6.32. The molecule has 1 unspecified atom stereocenters. The van der Waals surface area contributed by atoms with Crippen LogP contribution in [0.4, 0.5) is 5.69 Å². The normalized spacial score (nSPS) is 18.9. The van der Waals surface area contributed by atoms with Crippen LogP contribution in [0.3, 0.4) is 0 Å². The number of rotatable bonds is 3. The number of carbonyl (C=O) groups is 1. The molecule has 8 heteroatoms. The monoisotopic (exact) mass is 312 g/mol. The summed E-state index contributed by atoms with van der Waals surface area (Å²) in [5, 5.41) is 10.8. The zero-order valence-electron chi connectivity index (χ0n) is 12.0. The molecule has 114 valence electrons. The van der Waals surface area contributed by atoms with E-state index in [1.165, 1.54) is 12.3 Å². The molecule has 1 amide bonds. The van der Waals surface area contributed by atoms with Crippen LogP contribution in [0.15, 0.2) is 12.3 Å². The Morgan fingerprint density at radius 3 is 2.90 bits per heavy atom. The Hall–Kier alpha value is -1.73. The van der Waals surface area contributed by atoms with Crippen molar-refractivity contribution < 1.29 is 9.72 Å². The number of halogens is 1. The van der Waals surface area contributed by atoms with Crippen molar-refractivity contribution in [2.75, 3.05) is 27.2 Å². The number of pyridine rings is 1. The van der Waals surface area contributed by atoms with Crippen molar-refractivity contribution in [3.63, 3.8) is 0 Å². The summed E-state index contributed by atoms with van der Waals surface area (Å²) in [6.45, 7) is 1.16. The van der Waals surface area contributed by atoms with Crippen molar-refractivity contribution in [1.82, 2.24) is 14.8 Å². The molecule has 1 fully saturated rings. The van der Waals surface area contributed by atoms with Gasteiger partial charge in [-0.3, -0.25) is 14.9 Å². The Labute approximate surface area is 127 Å². The fraction of sp³-hybridized carbons (Fsp3) is 0.538. The number of amides is 1. The average molecular weight is 313 g/mol. The average Bonchev–Trinajstić information content (AvgIpc) is 2.45. The highest BCUT2D eigenvalue weighted by Gasteiger charge is 2.31. The number of nitro groups is 1. The second kappa shape index (κ2) is 6.36. The Kier molecular flexibility index (Phi) is 4.74. The minimum absolute atomic E-state index is 0.000550. The van der Waals surface area contributed by atoms with E-state index in [1.54, 1.807) is 4.90 Å². The summed E-state index contributed by atoms with van der Waals surface area (Å²) < 4.78 is 0. The standard InChI is InChI=1S/C13H17ClN4O3/c1-16(2)9-4-3-7-17(8-9)13(19)10-5-6-15-12(14)11(10)18(20)21/h5-6,9H,3-4,7-8H2,1-2H3. The molecule has 0 aromatic carbocycles. The highest BCUT2D eigenvalue weighted by atomic mass is 35.5. The van der Waals surface area contributed by atoms with E-state index < -0.39 is 10.6 Å². The smallest absolute Gasteiger partial charge is 0.319 e. The van der Waals surface area contributed by atoms with Crippen molar-refractivity contribution in [3.8, 4) is 0 Å². The molecule has 0 bridgehead atoms. The molecular formula is C13H17ClN4O3. The van der Waals surface area contributed by atoms with Crippen LogP contribution in [0.25, 0.3) is 0 Å². The predicted octanol–water partition coefficient (Wildman–Crippen LogP) is 1.81. The summed E-state index contributed by atoms with van der Waals surface area (Å²) >= 11 is 5.75. The largest absolute Gasteiger partial charge is 0.337 e. The van der Waals surface area contributed by atoms with Crippen LogP contribution in [-0.2, 0) is 0 Å². The van der Waals surface area contributed by atoms with E-state index in [9.17, 15) is 14.9 Å². The molecular weight excluding hydrogens is 296 g/mol. The predicted molar refractivity (Wildman–Crippen MR) is 78.5 cm³/mol. The number of piperidine rings is 1. The summed E-state index contributed by atoms with van der Waals surface area (Å²) in [7, 11) is 3.93. The number of hydrogen-bond acceptors (Lipinski definition) is 5. The van der Waals surface area contributed by atoms with E-state index >= 15 is 0 Å². The van der Waals surface area contributed by atoms with E-state index in [2.05, 4.69) is 9.88 Å². The Balaban J connectivity index is 2.28. The number of carbonyl (C=O) groups excluding carboxylic acids is 1.